The molecular weight excluding hydrogens is 322 g/mol. The summed E-state index contributed by atoms with van der Waals surface area (Å²) in [5.74, 6) is 1.66. The highest BCUT2D eigenvalue weighted by atomic mass is 16.5. The van der Waals surface area contributed by atoms with Gasteiger partial charge in [0.15, 0.2) is 17.0 Å². The van der Waals surface area contributed by atoms with Gasteiger partial charge >= 0.3 is 0 Å². The lowest BCUT2D eigenvalue weighted by atomic mass is 10.2. The Labute approximate surface area is 146 Å². The van der Waals surface area contributed by atoms with Crippen molar-refractivity contribution in [2.75, 3.05) is 25.2 Å². The highest BCUT2D eigenvalue weighted by molar-refractivity contribution is 5.83. The second-order valence-corrected chi connectivity index (χ2v) is 5.92. The van der Waals surface area contributed by atoms with Crippen LogP contribution in [-0.4, -0.2) is 51.0 Å². The van der Waals surface area contributed by atoms with Crippen molar-refractivity contribution in [1.29, 1.82) is 0 Å². The Morgan fingerprint density at radius 2 is 2.20 bits per heavy atom. The number of hydrogen-bond donors (Lipinski definition) is 1. The summed E-state index contributed by atoms with van der Waals surface area (Å²) in [5.41, 5.74) is 2.50. The summed E-state index contributed by atoms with van der Waals surface area (Å²) in [5, 5.41) is 9.97. The fourth-order valence-electron chi connectivity index (χ4n) is 2.78. The van der Waals surface area contributed by atoms with Gasteiger partial charge in [-0.05, 0) is 25.5 Å². The van der Waals surface area contributed by atoms with Crippen LogP contribution in [0.4, 0.5) is 5.82 Å². The lowest BCUT2D eigenvalue weighted by molar-refractivity contribution is 0.0543. The molecule has 134 valence electrons. The molecule has 0 bridgehead atoms. The van der Waals surface area contributed by atoms with E-state index in [4.69, 9.17) is 9.15 Å². The summed E-state index contributed by atoms with van der Waals surface area (Å²) in [6.45, 7) is 6.08. The van der Waals surface area contributed by atoms with Gasteiger partial charge in [-0.2, -0.15) is 0 Å². The molecule has 8 heteroatoms. The van der Waals surface area contributed by atoms with Crippen molar-refractivity contribution in [3.63, 3.8) is 0 Å². The van der Waals surface area contributed by atoms with Crippen molar-refractivity contribution < 1.29 is 14.3 Å². The van der Waals surface area contributed by atoms with E-state index < -0.39 is 6.10 Å². The van der Waals surface area contributed by atoms with E-state index in [-0.39, 0.29) is 6.61 Å². The van der Waals surface area contributed by atoms with Crippen LogP contribution in [0.25, 0.3) is 11.2 Å². The molecule has 0 spiro atoms. The van der Waals surface area contributed by atoms with Crippen LogP contribution in [0.5, 0.6) is 0 Å². The van der Waals surface area contributed by atoms with Gasteiger partial charge in [0, 0.05) is 13.7 Å². The topological polar surface area (TPSA) is 89.4 Å². The first kappa shape index (κ1) is 17.4. The number of furan rings is 1. The molecule has 0 saturated heterocycles. The van der Waals surface area contributed by atoms with E-state index >= 15 is 0 Å². The van der Waals surface area contributed by atoms with Gasteiger partial charge in [-0.3, -0.25) is 0 Å². The van der Waals surface area contributed by atoms with Crippen molar-refractivity contribution in [3.05, 3.63) is 36.3 Å². The summed E-state index contributed by atoms with van der Waals surface area (Å²) in [4.78, 5) is 15.3. The number of rotatable bonds is 8. The predicted octanol–water partition coefficient (Wildman–Crippen LogP) is 1.76. The van der Waals surface area contributed by atoms with E-state index in [1.165, 1.54) is 6.33 Å². The molecule has 0 unspecified atom stereocenters. The third kappa shape index (κ3) is 3.64. The number of imidazole rings is 1. The molecular formula is C17H23N5O3. The van der Waals surface area contributed by atoms with Crippen LogP contribution >= 0.6 is 0 Å². The van der Waals surface area contributed by atoms with Crippen molar-refractivity contribution in [2.45, 2.75) is 33.0 Å². The molecule has 3 aromatic heterocycles. The maximum Gasteiger partial charge on any atom is 0.165 e. The zero-order valence-electron chi connectivity index (χ0n) is 14.7. The van der Waals surface area contributed by atoms with Gasteiger partial charge in [0.25, 0.3) is 0 Å². The number of aryl methyl sites for hydroxylation is 1. The van der Waals surface area contributed by atoms with Crippen LogP contribution in [0.2, 0.25) is 0 Å². The van der Waals surface area contributed by atoms with E-state index in [0.717, 1.165) is 23.7 Å². The number of aliphatic hydroxyl groups excluding tert-OH is 1. The number of hydrogen-bond acceptors (Lipinski definition) is 7. The minimum absolute atomic E-state index is 0.260. The zero-order valence-corrected chi connectivity index (χ0v) is 14.7. The van der Waals surface area contributed by atoms with Gasteiger partial charge in [-0.25, -0.2) is 15.0 Å². The fraction of sp³-hybridized carbons (Fsp3) is 0.471. The molecule has 0 fully saturated rings. The molecule has 3 rings (SSSR count). The molecule has 0 amide bonds. The fourth-order valence-corrected chi connectivity index (χ4v) is 2.78. The predicted molar refractivity (Wildman–Crippen MR) is 93.4 cm³/mol. The average Bonchev–Trinajstić information content (AvgIpc) is 3.19. The molecule has 3 aromatic rings. The number of aromatic nitrogens is 4. The quantitative estimate of drug-likeness (QED) is 0.665. The van der Waals surface area contributed by atoms with Crippen LogP contribution in [0.3, 0.4) is 0 Å². The number of fused-ring (bicyclic) bond motifs is 1. The molecule has 0 aliphatic heterocycles. The molecule has 3 heterocycles. The third-order valence-electron chi connectivity index (χ3n) is 4.13. The monoisotopic (exact) mass is 345 g/mol. The molecule has 0 radical (unpaired) electrons. The van der Waals surface area contributed by atoms with Gasteiger partial charge in [0.2, 0.25) is 0 Å². The summed E-state index contributed by atoms with van der Waals surface area (Å²) < 4.78 is 12.4. The van der Waals surface area contributed by atoms with Crippen molar-refractivity contribution in [3.8, 4) is 0 Å². The largest absolute Gasteiger partial charge is 0.467 e. The van der Waals surface area contributed by atoms with Gasteiger partial charge in [0.05, 0.1) is 38.4 Å². The van der Waals surface area contributed by atoms with E-state index in [0.29, 0.717) is 24.3 Å². The maximum absolute atomic E-state index is 9.97. The van der Waals surface area contributed by atoms with Crippen molar-refractivity contribution in [1.82, 2.24) is 19.5 Å². The second-order valence-electron chi connectivity index (χ2n) is 5.92. The molecule has 1 N–H and O–H groups in total. The maximum atomic E-state index is 9.97. The minimum atomic E-state index is -0.617. The average molecular weight is 345 g/mol. The number of nitrogens with zero attached hydrogens (tertiary/aromatic N) is 5. The Morgan fingerprint density at radius 3 is 2.88 bits per heavy atom. The Bertz CT molecular complexity index is 829. The van der Waals surface area contributed by atoms with Crippen molar-refractivity contribution >= 4 is 17.0 Å². The molecule has 8 nitrogen and oxygen atoms in total. The number of ether oxygens (including phenoxy) is 1. The van der Waals surface area contributed by atoms with Crippen LogP contribution < -0.4 is 4.90 Å². The summed E-state index contributed by atoms with van der Waals surface area (Å²) in [6.07, 6.45) is 4.28. The van der Waals surface area contributed by atoms with Gasteiger partial charge < -0.3 is 23.7 Å². The lowest BCUT2D eigenvalue weighted by Crippen LogP contribution is -2.24. The third-order valence-corrected chi connectivity index (χ3v) is 4.13. The van der Waals surface area contributed by atoms with E-state index in [9.17, 15) is 5.11 Å². The van der Waals surface area contributed by atoms with Crippen molar-refractivity contribution in [2.24, 2.45) is 0 Å². The first-order valence-electron chi connectivity index (χ1n) is 8.24. The summed E-state index contributed by atoms with van der Waals surface area (Å²) in [6, 6.07) is 1.95. The second kappa shape index (κ2) is 7.62. The molecule has 0 saturated carbocycles. The molecule has 0 aromatic carbocycles. The number of methoxy groups -OCH3 is 1. The van der Waals surface area contributed by atoms with E-state index in [1.807, 2.05) is 17.6 Å². The summed E-state index contributed by atoms with van der Waals surface area (Å²) >= 11 is 0. The highest BCUT2D eigenvalue weighted by Crippen LogP contribution is 2.24. The van der Waals surface area contributed by atoms with E-state index in [2.05, 4.69) is 26.8 Å². The zero-order chi connectivity index (χ0) is 17.8. The Balaban J connectivity index is 1.90. The van der Waals surface area contributed by atoms with Gasteiger partial charge in [-0.15, -0.1) is 0 Å². The van der Waals surface area contributed by atoms with Crippen LogP contribution in [0.1, 0.15) is 18.2 Å². The van der Waals surface area contributed by atoms with Crippen LogP contribution in [-0.2, 0) is 17.8 Å². The first-order chi connectivity index (χ1) is 12.1. The highest BCUT2D eigenvalue weighted by Gasteiger charge is 2.18. The lowest BCUT2D eigenvalue weighted by Gasteiger charge is -2.21. The number of aliphatic hydroxyl groups is 1. The smallest absolute Gasteiger partial charge is 0.165 e. The molecule has 0 aliphatic rings. The molecule has 25 heavy (non-hydrogen) atoms. The van der Waals surface area contributed by atoms with Crippen LogP contribution in [0, 0.1) is 6.92 Å². The van der Waals surface area contributed by atoms with Crippen LogP contribution in [0.15, 0.2) is 29.4 Å². The number of anilines is 1. The Morgan fingerprint density at radius 1 is 1.36 bits per heavy atom. The normalized spacial score (nSPS) is 12.6. The molecule has 1 atom stereocenters. The summed E-state index contributed by atoms with van der Waals surface area (Å²) in [7, 11) is 1.56. The minimum Gasteiger partial charge on any atom is -0.467 e. The van der Waals surface area contributed by atoms with E-state index in [1.54, 1.807) is 19.7 Å². The van der Waals surface area contributed by atoms with Gasteiger partial charge in [0.1, 0.15) is 12.1 Å². The standard InChI is InChI=1S/C17H23N5O3/c1-4-21(8-14-12(2)5-6-25-14)16-15-17(19-10-18-16)22(11-20-15)7-13(23)9-24-3/h5-6,10-11,13,23H,4,7-9H2,1-3H3/t13-/m1/s1. The molecule has 0 aliphatic carbocycles. The van der Waals surface area contributed by atoms with Gasteiger partial charge in [-0.1, -0.05) is 0 Å². The Kier molecular flexibility index (Phi) is 5.30. The SMILES string of the molecule is CCN(Cc1occc1C)c1ncnc2c1ncn2C[C@@H](O)COC. The Hall–Kier alpha value is -2.45. The first-order valence-corrected chi connectivity index (χ1v) is 8.24.